The molecule has 0 N–H and O–H groups in total. The van der Waals surface area contributed by atoms with Gasteiger partial charge in [-0.2, -0.15) is 0 Å². The minimum absolute atomic E-state index is 0.0536. The molecule has 1 rings (SSSR count). The Morgan fingerprint density at radius 3 is 2.43 bits per heavy atom. The van der Waals surface area contributed by atoms with E-state index in [1.54, 1.807) is 0 Å². The summed E-state index contributed by atoms with van der Waals surface area (Å²) in [5.41, 5.74) is 1.44. The highest BCUT2D eigenvalue weighted by Crippen LogP contribution is 2.60. The van der Waals surface area contributed by atoms with Crippen molar-refractivity contribution in [2.45, 2.75) is 34.1 Å². The van der Waals surface area contributed by atoms with Crippen LogP contribution in [-0.4, -0.2) is 13.1 Å². The van der Waals surface area contributed by atoms with E-state index in [2.05, 4.69) is 33.8 Å². The fourth-order valence-electron chi connectivity index (χ4n) is 2.14. The van der Waals surface area contributed by atoms with Crippen LogP contribution < -0.4 is 0 Å². The van der Waals surface area contributed by atoms with Crippen LogP contribution in [0.15, 0.2) is 11.6 Å². The van der Waals surface area contributed by atoms with Gasteiger partial charge in [0.25, 0.3) is 0 Å². The molecule has 0 aromatic heterocycles. The second-order valence-electron chi connectivity index (χ2n) is 4.95. The van der Waals surface area contributed by atoms with Crippen LogP contribution in [0.1, 0.15) is 34.1 Å². The molecule has 1 aliphatic carbocycles. The van der Waals surface area contributed by atoms with E-state index in [9.17, 15) is 4.79 Å². The van der Waals surface area contributed by atoms with E-state index in [4.69, 9.17) is 4.74 Å². The third-order valence-electron chi connectivity index (χ3n) is 3.29. The molecule has 0 aromatic rings. The summed E-state index contributed by atoms with van der Waals surface area (Å²) in [5.74, 6) is 0.509. The van der Waals surface area contributed by atoms with Crippen molar-refractivity contribution in [2.24, 2.45) is 17.3 Å². The van der Waals surface area contributed by atoms with Gasteiger partial charge in [0.15, 0.2) is 0 Å². The van der Waals surface area contributed by atoms with E-state index in [1.165, 1.54) is 12.7 Å². The van der Waals surface area contributed by atoms with E-state index in [0.29, 0.717) is 5.92 Å². The summed E-state index contributed by atoms with van der Waals surface area (Å²) >= 11 is 0. The molecule has 0 radical (unpaired) electrons. The molecule has 1 aliphatic rings. The summed E-state index contributed by atoms with van der Waals surface area (Å²) in [4.78, 5) is 11.4. The molecule has 0 heterocycles. The van der Waals surface area contributed by atoms with Crippen LogP contribution in [0.5, 0.6) is 0 Å². The van der Waals surface area contributed by atoms with E-state index in [1.807, 2.05) is 0 Å². The number of rotatable bonds is 3. The van der Waals surface area contributed by atoms with Crippen LogP contribution in [0.3, 0.4) is 0 Å². The summed E-state index contributed by atoms with van der Waals surface area (Å²) < 4.78 is 4.79. The van der Waals surface area contributed by atoms with Crippen molar-refractivity contribution >= 4 is 5.97 Å². The average Bonchev–Trinajstić information content (AvgIpc) is 2.63. The average molecular weight is 196 g/mol. The number of ether oxygens (including phenoxy) is 1. The summed E-state index contributed by atoms with van der Waals surface area (Å²) in [6.07, 6.45) is 3.20. The summed E-state index contributed by atoms with van der Waals surface area (Å²) in [5, 5.41) is 0. The van der Waals surface area contributed by atoms with Crippen molar-refractivity contribution < 1.29 is 9.53 Å². The number of methoxy groups -OCH3 is 1. The second kappa shape index (κ2) is 3.76. The Labute approximate surface area is 86.3 Å². The van der Waals surface area contributed by atoms with Gasteiger partial charge in [0.05, 0.1) is 13.0 Å². The zero-order valence-corrected chi connectivity index (χ0v) is 9.76. The summed E-state index contributed by atoms with van der Waals surface area (Å²) in [6, 6.07) is 0. The van der Waals surface area contributed by atoms with Crippen LogP contribution >= 0.6 is 0 Å². The largest absolute Gasteiger partial charge is 0.469 e. The highest BCUT2D eigenvalue weighted by atomic mass is 16.5. The molecule has 1 fully saturated rings. The maximum absolute atomic E-state index is 11.4. The molecule has 14 heavy (non-hydrogen) atoms. The molecule has 2 unspecified atom stereocenters. The number of esters is 1. The molecular formula is C12H20O2. The number of carbonyl (C=O) groups is 1. The van der Waals surface area contributed by atoms with Crippen LogP contribution in [0.25, 0.3) is 0 Å². The van der Waals surface area contributed by atoms with Gasteiger partial charge in [-0.25, -0.2) is 0 Å². The number of hydrogen-bond acceptors (Lipinski definition) is 2. The lowest BCUT2D eigenvalue weighted by Gasteiger charge is -1.99. The fraction of sp³-hybridized carbons (Fsp3) is 0.750. The molecule has 0 amide bonds. The number of allylic oxidation sites excluding steroid dienone is 2. The smallest absolute Gasteiger partial charge is 0.309 e. The van der Waals surface area contributed by atoms with E-state index in [-0.39, 0.29) is 17.3 Å². The molecule has 2 nitrogen and oxygen atoms in total. The van der Waals surface area contributed by atoms with E-state index < -0.39 is 0 Å². The van der Waals surface area contributed by atoms with Crippen molar-refractivity contribution in [1.82, 2.24) is 0 Å². The van der Waals surface area contributed by atoms with Crippen LogP contribution in [0, 0.1) is 17.3 Å². The van der Waals surface area contributed by atoms with Gasteiger partial charge in [0, 0.05) is 0 Å². The molecule has 2 atom stereocenters. The Bertz CT molecular complexity index is 259. The van der Waals surface area contributed by atoms with Crippen LogP contribution in [0.2, 0.25) is 0 Å². The molecule has 80 valence electrons. The Balaban J connectivity index is 2.58. The first-order valence-corrected chi connectivity index (χ1v) is 5.12. The highest BCUT2D eigenvalue weighted by Gasteiger charge is 2.61. The zero-order valence-electron chi connectivity index (χ0n) is 9.76. The van der Waals surface area contributed by atoms with Gasteiger partial charge in [0.2, 0.25) is 0 Å². The first-order chi connectivity index (χ1) is 6.41. The molecule has 0 bridgehead atoms. The molecule has 0 saturated heterocycles. The predicted octanol–water partition coefficient (Wildman–Crippen LogP) is 2.79. The van der Waals surface area contributed by atoms with Crippen molar-refractivity contribution in [3.8, 4) is 0 Å². The second-order valence-corrected chi connectivity index (χ2v) is 4.95. The first kappa shape index (κ1) is 11.3. The van der Waals surface area contributed by atoms with E-state index >= 15 is 0 Å². The van der Waals surface area contributed by atoms with E-state index in [0.717, 1.165) is 6.42 Å². The monoisotopic (exact) mass is 196 g/mol. The van der Waals surface area contributed by atoms with Crippen LogP contribution in [0.4, 0.5) is 0 Å². The minimum Gasteiger partial charge on any atom is -0.469 e. The number of carbonyl (C=O) groups excluding carboxylic acids is 1. The summed E-state index contributed by atoms with van der Waals surface area (Å²) in [7, 11) is 1.47. The van der Waals surface area contributed by atoms with Gasteiger partial charge in [-0.05, 0) is 31.6 Å². The van der Waals surface area contributed by atoms with Crippen LogP contribution in [-0.2, 0) is 9.53 Å². The lowest BCUT2D eigenvalue weighted by molar-refractivity contribution is -0.143. The Kier molecular flexibility index (Phi) is 3.03. The van der Waals surface area contributed by atoms with Gasteiger partial charge in [-0.15, -0.1) is 0 Å². The highest BCUT2D eigenvalue weighted by molar-refractivity contribution is 5.77. The first-order valence-electron chi connectivity index (χ1n) is 5.12. The van der Waals surface area contributed by atoms with Crippen molar-refractivity contribution in [2.75, 3.05) is 7.11 Å². The third kappa shape index (κ3) is 1.99. The summed E-state index contributed by atoms with van der Waals surface area (Å²) in [6.45, 7) is 8.45. The molecule has 0 spiro atoms. The number of hydrogen-bond donors (Lipinski definition) is 0. The van der Waals surface area contributed by atoms with Crippen molar-refractivity contribution in [3.05, 3.63) is 11.6 Å². The third-order valence-corrected chi connectivity index (χ3v) is 3.29. The standard InChI is InChI=1S/C12H20O2/c1-8(2)6-7-9-10(11(13)14-5)12(9,3)4/h6,9-10H,7H2,1-5H3. The molecule has 0 aliphatic heterocycles. The van der Waals surface area contributed by atoms with Gasteiger partial charge in [-0.3, -0.25) is 4.79 Å². The van der Waals surface area contributed by atoms with Crippen molar-refractivity contribution in [3.63, 3.8) is 0 Å². The lowest BCUT2D eigenvalue weighted by Crippen LogP contribution is -2.07. The lowest BCUT2D eigenvalue weighted by atomic mass is 10.1. The normalized spacial score (nSPS) is 28.1. The Hall–Kier alpha value is -0.790. The maximum Gasteiger partial charge on any atom is 0.309 e. The van der Waals surface area contributed by atoms with Crippen molar-refractivity contribution in [1.29, 1.82) is 0 Å². The maximum atomic E-state index is 11.4. The Morgan fingerprint density at radius 1 is 1.43 bits per heavy atom. The molecule has 1 saturated carbocycles. The van der Waals surface area contributed by atoms with Gasteiger partial charge in [-0.1, -0.05) is 25.5 Å². The molecule has 0 aromatic carbocycles. The van der Waals surface area contributed by atoms with Gasteiger partial charge < -0.3 is 4.74 Å². The fourth-order valence-corrected chi connectivity index (χ4v) is 2.14. The van der Waals surface area contributed by atoms with Gasteiger partial charge in [0.1, 0.15) is 0 Å². The Morgan fingerprint density at radius 2 is 2.00 bits per heavy atom. The quantitative estimate of drug-likeness (QED) is 0.512. The molecule has 2 heteroatoms. The molecular weight excluding hydrogens is 176 g/mol. The SMILES string of the molecule is COC(=O)C1C(CC=C(C)C)C1(C)C. The minimum atomic E-state index is -0.0536. The van der Waals surface area contributed by atoms with Gasteiger partial charge >= 0.3 is 5.97 Å². The topological polar surface area (TPSA) is 26.3 Å². The predicted molar refractivity (Wildman–Crippen MR) is 56.8 cm³/mol. The zero-order chi connectivity index (χ0) is 10.9.